The summed E-state index contributed by atoms with van der Waals surface area (Å²) in [5, 5.41) is 18.3. The van der Waals surface area contributed by atoms with Gasteiger partial charge in [0, 0.05) is 0 Å². The lowest BCUT2D eigenvalue weighted by molar-refractivity contribution is -0.138. The third kappa shape index (κ3) is 3.61. The Morgan fingerprint density at radius 1 is 1.29 bits per heavy atom. The number of carboxylic acid groups (broad SMARTS) is 1. The predicted octanol–water partition coefficient (Wildman–Crippen LogP) is 2.98. The first-order valence-corrected chi connectivity index (χ1v) is 6.50. The number of nitrogens with zero attached hydrogens (tertiary/aromatic N) is 1. The van der Waals surface area contributed by atoms with Gasteiger partial charge in [-0.3, -0.25) is 4.79 Å². The van der Waals surface area contributed by atoms with Crippen LogP contribution in [0.4, 0.5) is 0 Å². The van der Waals surface area contributed by atoms with Gasteiger partial charge in [0.2, 0.25) is 0 Å². The van der Waals surface area contributed by atoms with Gasteiger partial charge in [0.1, 0.15) is 5.75 Å². The van der Waals surface area contributed by atoms with E-state index in [9.17, 15) is 9.90 Å². The highest BCUT2D eigenvalue weighted by Gasteiger charge is 2.20. The van der Waals surface area contributed by atoms with Gasteiger partial charge in [-0.05, 0) is 41.8 Å². The topological polar surface area (TPSA) is 70.3 Å². The first-order chi connectivity index (χ1) is 10.1. The van der Waals surface area contributed by atoms with Gasteiger partial charge in [-0.1, -0.05) is 24.3 Å². The van der Waals surface area contributed by atoms with Crippen molar-refractivity contribution in [1.29, 1.82) is 5.26 Å². The average Bonchev–Trinajstić information content (AvgIpc) is 2.52. The second-order valence-electron chi connectivity index (χ2n) is 4.68. The highest BCUT2D eigenvalue weighted by atomic mass is 16.5. The van der Waals surface area contributed by atoms with Crippen LogP contribution in [-0.4, -0.2) is 18.2 Å². The van der Waals surface area contributed by atoms with Crippen molar-refractivity contribution >= 4 is 5.97 Å². The van der Waals surface area contributed by atoms with Crippen LogP contribution >= 0.6 is 0 Å². The number of hydrogen-bond donors (Lipinski definition) is 1. The van der Waals surface area contributed by atoms with Crippen molar-refractivity contribution in [3.05, 3.63) is 65.2 Å². The third-order valence-electron chi connectivity index (χ3n) is 3.31. The Morgan fingerprint density at radius 2 is 2.00 bits per heavy atom. The van der Waals surface area contributed by atoms with E-state index in [1.54, 1.807) is 49.6 Å². The molecule has 1 atom stereocenters. The fourth-order valence-electron chi connectivity index (χ4n) is 2.19. The first-order valence-electron chi connectivity index (χ1n) is 6.50. The van der Waals surface area contributed by atoms with E-state index in [1.165, 1.54) is 0 Å². The van der Waals surface area contributed by atoms with E-state index in [1.807, 2.05) is 6.07 Å². The van der Waals surface area contributed by atoms with Crippen LogP contribution in [0.15, 0.2) is 48.5 Å². The smallest absolute Gasteiger partial charge is 0.311 e. The largest absolute Gasteiger partial charge is 0.497 e. The Bertz CT molecular complexity index is 671. The molecule has 106 valence electrons. The molecular formula is C17H15NO3. The zero-order valence-electron chi connectivity index (χ0n) is 11.6. The van der Waals surface area contributed by atoms with Gasteiger partial charge in [-0.15, -0.1) is 0 Å². The molecule has 4 nitrogen and oxygen atoms in total. The number of ether oxygens (including phenoxy) is 1. The maximum atomic E-state index is 11.5. The van der Waals surface area contributed by atoms with Crippen LogP contribution in [0, 0.1) is 11.3 Å². The van der Waals surface area contributed by atoms with Crippen molar-refractivity contribution in [1.82, 2.24) is 0 Å². The minimum atomic E-state index is -0.887. The lowest BCUT2D eigenvalue weighted by atomic mass is 9.91. The van der Waals surface area contributed by atoms with Crippen molar-refractivity contribution in [2.45, 2.75) is 12.3 Å². The second kappa shape index (κ2) is 6.58. The van der Waals surface area contributed by atoms with Crippen LogP contribution in [0.25, 0.3) is 0 Å². The normalized spacial score (nSPS) is 11.4. The van der Waals surface area contributed by atoms with Gasteiger partial charge in [0.25, 0.3) is 0 Å². The maximum Gasteiger partial charge on any atom is 0.311 e. The zero-order chi connectivity index (χ0) is 15.2. The molecule has 2 aromatic rings. The second-order valence-corrected chi connectivity index (χ2v) is 4.68. The van der Waals surface area contributed by atoms with Crippen LogP contribution in [0.3, 0.4) is 0 Å². The van der Waals surface area contributed by atoms with Crippen molar-refractivity contribution in [3.8, 4) is 11.8 Å². The molecule has 1 unspecified atom stereocenters. The number of carbonyl (C=O) groups is 1. The lowest BCUT2D eigenvalue weighted by Gasteiger charge is -2.13. The van der Waals surface area contributed by atoms with Crippen LogP contribution in [0.1, 0.15) is 22.6 Å². The molecule has 0 aliphatic carbocycles. The van der Waals surface area contributed by atoms with Crippen molar-refractivity contribution in [2.24, 2.45) is 0 Å². The summed E-state index contributed by atoms with van der Waals surface area (Å²) in [5.41, 5.74) is 2.08. The fraction of sp³-hybridized carbons (Fsp3) is 0.176. The minimum Gasteiger partial charge on any atom is -0.497 e. The molecule has 0 heterocycles. The zero-order valence-corrected chi connectivity index (χ0v) is 11.6. The molecule has 0 amide bonds. The lowest BCUT2D eigenvalue weighted by Crippen LogP contribution is -2.14. The molecule has 0 aliphatic heterocycles. The number of carboxylic acids is 1. The van der Waals surface area contributed by atoms with E-state index in [-0.39, 0.29) is 0 Å². The maximum absolute atomic E-state index is 11.5. The monoisotopic (exact) mass is 281 g/mol. The Morgan fingerprint density at radius 3 is 2.57 bits per heavy atom. The number of aliphatic carboxylic acids is 1. The summed E-state index contributed by atoms with van der Waals surface area (Å²) in [6.45, 7) is 0. The van der Waals surface area contributed by atoms with Crippen LogP contribution in [0.5, 0.6) is 5.75 Å². The van der Waals surface area contributed by atoms with E-state index in [2.05, 4.69) is 6.07 Å². The predicted molar refractivity (Wildman–Crippen MR) is 78.2 cm³/mol. The van der Waals surface area contributed by atoms with E-state index < -0.39 is 11.9 Å². The Labute approximate surface area is 123 Å². The molecule has 0 fully saturated rings. The molecule has 0 aromatic heterocycles. The number of hydrogen-bond acceptors (Lipinski definition) is 3. The summed E-state index contributed by atoms with van der Waals surface area (Å²) in [7, 11) is 1.57. The van der Waals surface area contributed by atoms with E-state index in [4.69, 9.17) is 10.00 Å². The molecule has 0 radical (unpaired) electrons. The summed E-state index contributed by atoms with van der Waals surface area (Å²) in [5.74, 6) is -0.846. The van der Waals surface area contributed by atoms with E-state index in [0.29, 0.717) is 23.3 Å². The quantitative estimate of drug-likeness (QED) is 0.914. The summed E-state index contributed by atoms with van der Waals surface area (Å²) >= 11 is 0. The van der Waals surface area contributed by atoms with Gasteiger partial charge in [-0.25, -0.2) is 0 Å². The Balaban J connectivity index is 2.26. The SMILES string of the molecule is COc1ccc(C(Cc2cccc(C#N)c2)C(=O)O)cc1. The van der Waals surface area contributed by atoms with Crippen molar-refractivity contribution in [2.75, 3.05) is 7.11 Å². The number of methoxy groups -OCH3 is 1. The molecular weight excluding hydrogens is 266 g/mol. The standard InChI is InChI=1S/C17H15NO3/c1-21-15-7-5-14(6-8-15)16(17(19)20)10-12-3-2-4-13(9-12)11-18/h2-9,16H,10H2,1H3,(H,19,20). The summed E-state index contributed by atoms with van der Waals surface area (Å²) in [4.78, 5) is 11.5. The van der Waals surface area contributed by atoms with Gasteiger partial charge in [0.05, 0.1) is 24.7 Å². The average molecular weight is 281 g/mol. The third-order valence-corrected chi connectivity index (χ3v) is 3.31. The number of rotatable bonds is 5. The molecule has 2 aromatic carbocycles. The molecule has 0 spiro atoms. The minimum absolute atomic E-state index is 0.344. The van der Waals surface area contributed by atoms with Gasteiger partial charge >= 0.3 is 5.97 Å². The van der Waals surface area contributed by atoms with Crippen molar-refractivity contribution < 1.29 is 14.6 Å². The number of nitriles is 1. The van der Waals surface area contributed by atoms with E-state index in [0.717, 1.165) is 5.56 Å². The Kier molecular flexibility index (Phi) is 4.57. The molecule has 0 bridgehead atoms. The van der Waals surface area contributed by atoms with Crippen molar-refractivity contribution in [3.63, 3.8) is 0 Å². The van der Waals surface area contributed by atoms with Gasteiger partial charge in [-0.2, -0.15) is 5.26 Å². The number of benzene rings is 2. The molecule has 1 N–H and O–H groups in total. The molecule has 21 heavy (non-hydrogen) atoms. The molecule has 4 heteroatoms. The summed E-state index contributed by atoms with van der Waals surface area (Å²) in [6, 6.07) is 16.1. The highest BCUT2D eigenvalue weighted by molar-refractivity contribution is 5.76. The van der Waals surface area contributed by atoms with E-state index >= 15 is 0 Å². The summed E-state index contributed by atoms with van der Waals surface area (Å²) < 4.78 is 5.07. The van der Waals surface area contributed by atoms with Crippen LogP contribution in [-0.2, 0) is 11.2 Å². The summed E-state index contributed by atoms with van der Waals surface area (Å²) in [6.07, 6.45) is 0.344. The van der Waals surface area contributed by atoms with Crippen LogP contribution < -0.4 is 4.74 Å². The van der Waals surface area contributed by atoms with Crippen LogP contribution in [0.2, 0.25) is 0 Å². The van der Waals surface area contributed by atoms with Gasteiger partial charge < -0.3 is 9.84 Å². The molecule has 0 saturated heterocycles. The molecule has 0 saturated carbocycles. The first kappa shape index (κ1) is 14.6. The van der Waals surface area contributed by atoms with Gasteiger partial charge in [0.15, 0.2) is 0 Å². The fourth-order valence-corrected chi connectivity index (χ4v) is 2.19. The Hall–Kier alpha value is -2.80. The molecule has 0 aliphatic rings. The molecule has 2 rings (SSSR count). The highest BCUT2D eigenvalue weighted by Crippen LogP contribution is 2.24.